The van der Waals surface area contributed by atoms with E-state index in [0.29, 0.717) is 41.8 Å². The summed E-state index contributed by atoms with van der Waals surface area (Å²) < 4.78 is 24.7. The number of epoxide rings is 2. The molecule has 2 aliphatic carbocycles. The van der Waals surface area contributed by atoms with E-state index in [1.807, 2.05) is 13.8 Å². The van der Waals surface area contributed by atoms with Gasteiger partial charge in [0.25, 0.3) is 0 Å². The normalized spacial score (nSPS) is 52.2. The van der Waals surface area contributed by atoms with E-state index in [9.17, 15) is 0 Å². The minimum absolute atomic E-state index is 0.0357. The highest BCUT2D eigenvalue weighted by atomic mass is 16.7. The molecule has 0 N–H and O–H groups in total. The van der Waals surface area contributed by atoms with Crippen molar-refractivity contribution in [2.24, 2.45) is 29.6 Å². The van der Waals surface area contributed by atoms with Crippen LogP contribution in [0.4, 0.5) is 0 Å². The molecule has 10 atom stereocenters. The van der Waals surface area contributed by atoms with Crippen LogP contribution in [0.3, 0.4) is 0 Å². The van der Waals surface area contributed by atoms with Gasteiger partial charge in [0.15, 0.2) is 5.79 Å². The predicted molar refractivity (Wildman–Crippen MR) is 126 cm³/mol. The zero-order chi connectivity index (χ0) is 23.1. The Balaban J connectivity index is 1.41. The highest BCUT2D eigenvalue weighted by Crippen LogP contribution is 2.67. The van der Waals surface area contributed by atoms with Crippen molar-refractivity contribution < 1.29 is 18.9 Å². The molecule has 5 fully saturated rings. The number of ether oxygens (including phenoxy) is 4. The first-order chi connectivity index (χ1) is 15.0. The quantitative estimate of drug-likeness (QED) is 0.312. The Morgan fingerprint density at radius 3 is 2.44 bits per heavy atom. The van der Waals surface area contributed by atoms with Gasteiger partial charge in [0.1, 0.15) is 0 Å². The summed E-state index contributed by atoms with van der Waals surface area (Å²) in [5.41, 5.74) is 2.79. The minimum Gasteiger partial charge on any atom is -0.366 e. The largest absolute Gasteiger partial charge is 0.366 e. The van der Waals surface area contributed by atoms with Crippen LogP contribution in [0.2, 0.25) is 0 Å². The van der Waals surface area contributed by atoms with Gasteiger partial charge in [-0.2, -0.15) is 0 Å². The van der Waals surface area contributed by atoms with Crippen LogP contribution in [-0.2, 0) is 18.9 Å². The SMILES string of the molecule is C/C=C(\C)[C@H]1[C@@H](/C=C/C=C(\C)[C@H]2OC(C)(C)OC[C@@H]2C)[C@@H]2C[C@@H]3O[C@]3(C)C[C@H]2[C@@H]2O[C@@]21C. The molecule has 0 spiro atoms. The molecular formula is C28H42O4. The summed E-state index contributed by atoms with van der Waals surface area (Å²) in [6, 6.07) is 0. The number of rotatable bonds is 4. The van der Waals surface area contributed by atoms with Crippen LogP contribution in [0.1, 0.15) is 68.2 Å². The molecule has 3 saturated heterocycles. The Bertz CT molecular complexity index is 855. The van der Waals surface area contributed by atoms with Gasteiger partial charge in [-0.25, -0.2) is 0 Å². The first-order valence-electron chi connectivity index (χ1n) is 12.6. The van der Waals surface area contributed by atoms with Crippen LogP contribution in [0.25, 0.3) is 0 Å². The molecule has 5 rings (SSSR count). The monoisotopic (exact) mass is 442 g/mol. The van der Waals surface area contributed by atoms with Crippen molar-refractivity contribution in [2.45, 2.75) is 104 Å². The second kappa shape index (κ2) is 7.53. The van der Waals surface area contributed by atoms with Crippen molar-refractivity contribution >= 4 is 0 Å². The minimum atomic E-state index is -0.521. The number of hydrogen-bond acceptors (Lipinski definition) is 4. The summed E-state index contributed by atoms with van der Waals surface area (Å²) in [4.78, 5) is 0. The summed E-state index contributed by atoms with van der Waals surface area (Å²) in [6.45, 7) is 18.2. The summed E-state index contributed by atoms with van der Waals surface area (Å²) in [5, 5.41) is 0. The third kappa shape index (κ3) is 3.66. The Labute approximate surface area is 194 Å². The van der Waals surface area contributed by atoms with Crippen LogP contribution < -0.4 is 0 Å². The maximum absolute atomic E-state index is 6.49. The predicted octanol–water partition coefficient (Wildman–Crippen LogP) is 5.83. The second-order valence-corrected chi connectivity index (χ2v) is 12.0. The van der Waals surface area contributed by atoms with Crippen molar-refractivity contribution in [3.8, 4) is 0 Å². The van der Waals surface area contributed by atoms with E-state index < -0.39 is 5.79 Å². The van der Waals surface area contributed by atoms with Gasteiger partial charge in [-0.3, -0.25) is 0 Å². The van der Waals surface area contributed by atoms with Gasteiger partial charge in [-0.15, -0.1) is 0 Å². The van der Waals surface area contributed by atoms with E-state index in [4.69, 9.17) is 18.9 Å². The molecule has 178 valence electrons. The van der Waals surface area contributed by atoms with E-state index in [2.05, 4.69) is 65.8 Å². The highest BCUT2D eigenvalue weighted by Gasteiger charge is 2.72. The molecule has 0 aromatic carbocycles. The van der Waals surface area contributed by atoms with Gasteiger partial charge in [0.2, 0.25) is 0 Å². The maximum atomic E-state index is 6.49. The molecule has 32 heavy (non-hydrogen) atoms. The molecule has 3 aliphatic heterocycles. The molecule has 3 heterocycles. The van der Waals surface area contributed by atoms with Gasteiger partial charge in [0.05, 0.1) is 36.1 Å². The van der Waals surface area contributed by atoms with E-state index in [-0.39, 0.29) is 17.3 Å². The molecule has 5 aliphatic rings. The average Bonchev–Trinajstić information content (AvgIpc) is 3.60. The Kier molecular flexibility index (Phi) is 5.37. The fraction of sp³-hybridized carbons (Fsp3) is 0.786. The van der Waals surface area contributed by atoms with Gasteiger partial charge in [0, 0.05) is 11.8 Å². The third-order valence-electron chi connectivity index (χ3n) is 9.20. The number of allylic oxidation sites excluding steroid dienone is 4. The third-order valence-corrected chi connectivity index (χ3v) is 9.20. The van der Waals surface area contributed by atoms with Crippen LogP contribution >= 0.6 is 0 Å². The summed E-state index contributed by atoms with van der Waals surface area (Å²) in [5.74, 6) is 1.97. The molecule has 0 bridgehead atoms. The molecule has 4 nitrogen and oxygen atoms in total. The highest BCUT2D eigenvalue weighted by molar-refractivity contribution is 5.30. The Hall–Kier alpha value is -0.940. The fourth-order valence-electron chi connectivity index (χ4n) is 7.25. The lowest BCUT2D eigenvalue weighted by atomic mass is 9.55. The summed E-state index contributed by atoms with van der Waals surface area (Å²) >= 11 is 0. The van der Waals surface area contributed by atoms with Crippen molar-refractivity contribution in [3.05, 3.63) is 35.5 Å². The van der Waals surface area contributed by atoms with E-state index >= 15 is 0 Å². The van der Waals surface area contributed by atoms with Gasteiger partial charge < -0.3 is 18.9 Å². The maximum Gasteiger partial charge on any atom is 0.163 e. The Morgan fingerprint density at radius 2 is 1.72 bits per heavy atom. The van der Waals surface area contributed by atoms with Crippen molar-refractivity contribution in [1.29, 1.82) is 0 Å². The van der Waals surface area contributed by atoms with E-state index in [1.54, 1.807) is 0 Å². The zero-order valence-electron chi connectivity index (χ0n) is 21.2. The molecule has 0 aromatic heterocycles. The lowest BCUT2D eigenvalue weighted by Gasteiger charge is -2.45. The van der Waals surface area contributed by atoms with E-state index in [1.165, 1.54) is 11.1 Å². The standard InChI is InChI=1S/C28H42O4/c1-9-16(2)23-19(12-10-11-17(3)24-18(4)15-29-26(5,6)31-24)20-13-22-27(7,30-22)14-21(20)25-28(23,8)32-25/h9-12,18-25H,13-15H2,1-8H3/b12-10+,16-9+,17-11+/t18-,19-,20-,21+,22-,23-,24+,25-,27+,28+/m0/s1. The molecular weight excluding hydrogens is 400 g/mol. The Morgan fingerprint density at radius 1 is 0.969 bits per heavy atom. The fourth-order valence-corrected chi connectivity index (χ4v) is 7.25. The topological polar surface area (TPSA) is 43.5 Å². The molecule has 0 radical (unpaired) electrons. The van der Waals surface area contributed by atoms with Gasteiger partial charge >= 0.3 is 0 Å². The van der Waals surface area contributed by atoms with Crippen LogP contribution in [-0.4, -0.2) is 41.9 Å². The molecule has 4 heteroatoms. The van der Waals surface area contributed by atoms with Crippen LogP contribution in [0.15, 0.2) is 35.5 Å². The van der Waals surface area contributed by atoms with Gasteiger partial charge in [-0.1, -0.05) is 36.8 Å². The number of hydrogen-bond donors (Lipinski definition) is 0. The summed E-state index contributed by atoms with van der Waals surface area (Å²) in [6.07, 6.45) is 12.5. The molecule has 0 aromatic rings. The lowest BCUT2D eigenvalue weighted by Crippen LogP contribution is -2.49. The zero-order valence-corrected chi connectivity index (χ0v) is 21.2. The van der Waals surface area contributed by atoms with Crippen LogP contribution in [0, 0.1) is 29.6 Å². The lowest BCUT2D eigenvalue weighted by molar-refractivity contribution is -0.282. The number of fused-ring (bicyclic) bond motifs is 4. The molecule has 2 saturated carbocycles. The van der Waals surface area contributed by atoms with Crippen molar-refractivity contribution in [1.82, 2.24) is 0 Å². The first-order valence-corrected chi connectivity index (χ1v) is 12.6. The average molecular weight is 443 g/mol. The van der Waals surface area contributed by atoms with Crippen molar-refractivity contribution in [2.75, 3.05) is 6.61 Å². The van der Waals surface area contributed by atoms with Crippen LogP contribution in [0.5, 0.6) is 0 Å². The van der Waals surface area contributed by atoms with Gasteiger partial charge in [-0.05, 0) is 84.6 Å². The molecule has 0 unspecified atom stereocenters. The molecule has 0 amide bonds. The van der Waals surface area contributed by atoms with E-state index in [0.717, 1.165) is 19.4 Å². The smallest absolute Gasteiger partial charge is 0.163 e. The summed E-state index contributed by atoms with van der Waals surface area (Å²) in [7, 11) is 0. The second-order valence-electron chi connectivity index (χ2n) is 12.0. The van der Waals surface area contributed by atoms with Crippen molar-refractivity contribution in [3.63, 3.8) is 0 Å². The first kappa shape index (κ1) is 22.8.